The minimum Gasteiger partial charge on any atom is -0.343 e. The molecule has 1 aromatic carbocycles. The smallest absolute Gasteiger partial charge is 0.252 e. The van der Waals surface area contributed by atoms with Crippen molar-refractivity contribution >= 4 is 38.6 Å². The predicted octanol–water partition coefficient (Wildman–Crippen LogP) is 4.46. The van der Waals surface area contributed by atoms with Crippen molar-refractivity contribution in [3.63, 3.8) is 0 Å². The molecule has 29 heavy (non-hydrogen) atoms. The van der Waals surface area contributed by atoms with Gasteiger partial charge in [-0.25, -0.2) is 8.42 Å². The van der Waals surface area contributed by atoms with Gasteiger partial charge in [-0.1, -0.05) is 50.2 Å². The lowest BCUT2D eigenvalue weighted by Crippen LogP contribution is -2.39. The summed E-state index contributed by atoms with van der Waals surface area (Å²) in [5.41, 5.74) is 2.20. The second-order valence-electron chi connectivity index (χ2n) is 7.03. The van der Waals surface area contributed by atoms with Crippen LogP contribution in [0.25, 0.3) is 0 Å². The number of benzene rings is 1. The Kier molecular flexibility index (Phi) is 6.89. The fraction of sp³-hybridized carbons (Fsp3) is 0.286. The molecule has 3 rings (SSSR count). The van der Waals surface area contributed by atoms with Crippen LogP contribution in [0.5, 0.6) is 0 Å². The van der Waals surface area contributed by atoms with Crippen molar-refractivity contribution in [1.29, 1.82) is 0 Å². The maximum Gasteiger partial charge on any atom is 0.252 e. The van der Waals surface area contributed by atoms with E-state index in [-0.39, 0.29) is 22.7 Å². The van der Waals surface area contributed by atoms with Gasteiger partial charge in [0.15, 0.2) is 0 Å². The molecule has 0 aliphatic heterocycles. The summed E-state index contributed by atoms with van der Waals surface area (Å²) in [5.74, 6) is 0.0777. The van der Waals surface area contributed by atoms with Crippen molar-refractivity contribution in [1.82, 2.24) is 9.62 Å². The number of likely N-dealkylation sites (N-methyl/N-ethyl adjacent to an activating group) is 1. The van der Waals surface area contributed by atoms with Crippen LogP contribution >= 0.6 is 22.7 Å². The third kappa shape index (κ3) is 5.14. The van der Waals surface area contributed by atoms with Crippen LogP contribution in [0, 0.1) is 0 Å². The molecule has 2 heterocycles. The minimum atomic E-state index is -3.67. The Balaban J connectivity index is 1.77. The monoisotopic (exact) mass is 448 g/mol. The first-order valence-electron chi connectivity index (χ1n) is 9.21. The van der Waals surface area contributed by atoms with Crippen molar-refractivity contribution in [3.8, 4) is 0 Å². The summed E-state index contributed by atoms with van der Waals surface area (Å²) in [5, 5.41) is 6.67. The molecule has 1 amide bonds. The molecule has 1 unspecified atom stereocenters. The molecular weight excluding hydrogens is 424 g/mol. The molecule has 0 saturated heterocycles. The second-order valence-corrected chi connectivity index (χ2v) is 11.2. The lowest BCUT2D eigenvalue weighted by Gasteiger charge is -2.21. The molecule has 0 aliphatic carbocycles. The Labute approximate surface area is 180 Å². The Bertz CT molecular complexity index is 1030. The van der Waals surface area contributed by atoms with E-state index in [1.54, 1.807) is 28.8 Å². The SMILES string of the molecule is CC(C)c1ccc(C(NC(=O)CN(C)S(=O)(=O)c2cccs2)c2cccs2)cc1. The Hall–Kier alpha value is -2.00. The fourth-order valence-corrected chi connectivity index (χ4v) is 6.04. The molecule has 3 aromatic rings. The van der Waals surface area contributed by atoms with Gasteiger partial charge in [0, 0.05) is 11.9 Å². The van der Waals surface area contributed by atoms with Crippen molar-refractivity contribution in [2.24, 2.45) is 0 Å². The van der Waals surface area contributed by atoms with Gasteiger partial charge in [-0.05, 0) is 39.9 Å². The van der Waals surface area contributed by atoms with Crippen LogP contribution in [0.2, 0.25) is 0 Å². The number of rotatable bonds is 8. The van der Waals surface area contributed by atoms with Gasteiger partial charge in [0.1, 0.15) is 4.21 Å². The van der Waals surface area contributed by atoms with E-state index in [1.807, 2.05) is 29.6 Å². The summed E-state index contributed by atoms with van der Waals surface area (Å²) >= 11 is 2.69. The highest BCUT2D eigenvalue weighted by Crippen LogP contribution is 2.27. The average molecular weight is 449 g/mol. The number of carbonyl (C=O) groups is 1. The number of hydrogen-bond acceptors (Lipinski definition) is 5. The van der Waals surface area contributed by atoms with Gasteiger partial charge >= 0.3 is 0 Å². The van der Waals surface area contributed by atoms with Crippen molar-refractivity contribution in [2.75, 3.05) is 13.6 Å². The molecule has 8 heteroatoms. The van der Waals surface area contributed by atoms with E-state index in [4.69, 9.17) is 0 Å². The van der Waals surface area contributed by atoms with Crippen LogP contribution in [-0.4, -0.2) is 32.2 Å². The summed E-state index contributed by atoms with van der Waals surface area (Å²) < 4.78 is 26.5. The second kappa shape index (κ2) is 9.21. The van der Waals surface area contributed by atoms with Crippen LogP contribution in [0.15, 0.2) is 63.5 Å². The van der Waals surface area contributed by atoms with E-state index >= 15 is 0 Å². The molecule has 0 saturated carbocycles. The number of amides is 1. The van der Waals surface area contributed by atoms with Crippen LogP contribution in [-0.2, 0) is 14.8 Å². The Morgan fingerprint density at radius 3 is 2.17 bits per heavy atom. The number of nitrogens with one attached hydrogen (secondary N) is 1. The molecule has 0 radical (unpaired) electrons. The standard InChI is InChI=1S/C21H24N2O3S3/c1-15(2)16-8-10-17(11-9-16)21(18-6-4-12-27-18)22-19(24)14-23(3)29(25,26)20-7-5-13-28-20/h4-13,15,21H,14H2,1-3H3,(H,22,24). The highest BCUT2D eigenvalue weighted by atomic mass is 32.2. The lowest BCUT2D eigenvalue weighted by molar-refractivity contribution is -0.121. The van der Waals surface area contributed by atoms with E-state index in [0.717, 1.165) is 26.1 Å². The first-order chi connectivity index (χ1) is 13.8. The van der Waals surface area contributed by atoms with E-state index < -0.39 is 10.0 Å². The molecule has 1 N–H and O–H groups in total. The first kappa shape index (κ1) is 21.7. The largest absolute Gasteiger partial charge is 0.343 e. The van der Waals surface area contributed by atoms with Crippen LogP contribution < -0.4 is 5.32 Å². The van der Waals surface area contributed by atoms with Gasteiger partial charge in [0.05, 0.1) is 12.6 Å². The minimum absolute atomic E-state index is 0.229. The van der Waals surface area contributed by atoms with Crippen molar-refractivity contribution in [3.05, 3.63) is 75.3 Å². The van der Waals surface area contributed by atoms with Crippen LogP contribution in [0.1, 0.15) is 41.8 Å². The molecule has 0 spiro atoms. The van der Waals surface area contributed by atoms with Crippen molar-refractivity contribution < 1.29 is 13.2 Å². The molecule has 0 fully saturated rings. The number of nitrogens with zero attached hydrogens (tertiary/aromatic N) is 1. The molecule has 154 valence electrons. The summed E-state index contributed by atoms with van der Waals surface area (Å²) in [6.45, 7) is 4.03. The third-order valence-corrected chi connectivity index (χ3v) is 8.71. The predicted molar refractivity (Wildman–Crippen MR) is 119 cm³/mol. The lowest BCUT2D eigenvalue weighted by atomic mass is 9.98. The third-order valence-electron chi connectivity index (χ3n) is 4.60. The topological polar surface area (TPSA) is 66.5 Å². The molecule has 0 aliphatic rings. The number of hydrogen-bond donors (Lipinski definition) is 1. The van der Waals surface area contributed by atoms with Crippen LogP contribution in [0.3, 0.4) is 0 Å². The van der Waals surface area contributed by atoms with E-state index in [0.29, 0.717) is 5.92 Å². The maximum absolute atomic E-state index is 12.7. The van der Waals surface area contributed by atoms with E-state index in [9.17, 15) is 13.2 Å². The fourth-order valence-electron chi connectivity index (χ4n) is 2.91. The van der Waals surface area contributed by atoms with Crippen molar-refractivity contribution in [2.45, 2.75) is 30.0 Å². The average Bonchev–Trinajstić information content (AvgIpc) is 3.40. The highest BCUT2D eigenvalue weighted by molar-refractivity contribution is 7.91. The van der Waals surface area contributed by atoms with Gasteiger partial charge < -0.3 is 5.32 Å². The summed E-state index contributed by atoms with van der Waals surface area (Å²) in [6.07, 6.45) is 0. The molecular formula is C21H24N2O3S3. The van der Waals surface area contributed by atoms with Gasteiger partial charge in [-0.15, -0.1) is 22.7 Å². The molecule has 1 atom stereocenters. The van der Waals surface area contributed by atoms with Gasteiger partial charge in [0.2, 0.25) is 5.91 Å². The molecule has 2 aromatic heterocycles. The number of thiophene rings is 2. The number of carbonyl (C=O) groups excluding carboxylic acids is 1. The Morgan fingerprint density at radius 1 is 1.00 bits per heavy atom. The first-order valence-corrected chi connectivity index (χ1v) is 12.4. The summed E-state index contributed by atoms with van der Waals surface area (Å²) in [7, 11) is -2.24. The van der Waals surface area contributed by atoms with Gasteiger partial charge in [-0.3, -0.25) is 4.79 Å². The zero-order valence-electron chi connectivity index (χ0n) is 16.5. The van der Waals surface area contributed by atoms with E-state index in [2.05, 4.69) is 31.3 Å². The number of sulfonamides is 1. The maximum atomic E-state index is 12.7. The highest BCUT2D eigenvalue weighted by Gasteiger charge is 2.25. The zero-order chi connectivity index (χ0) is 21.0. The van der Waals surface area contributed by atoms with E-state index in [1.165, 1.54) is 12.6 Å². The molecule has 5 nitrogen and oxygen atoms in total. The van der Waals surface area contributed by atoms with Crippen LogP contribution in [0.4, 0.5) is 0 Å². The molecule has 0 bridgehead atoms. The Morgan fingerprint density at radius 2 is 1.62 bits per heavy atom. The summed E-state index contributed by atoms with van der Waals surface area (Å²) in [4.78, 5) is 13.7. The summed E-state index contributed by atoms with van der Waals surface area (Å²) in [6, 6.07) is 15.0. The van der Waals surface area contributed by atoms with Gasteiger partial charge in [-0.2, -0.15) is 4.31 Å². The quantitative estimate of drug-likeness (QED) is 0.553. The zero-order valence-corrected chi connectivity index (χ0v) is 19.0. The normalized spacial score (nSPS) is 13.0. The van der Waals surface area contributed by atoms with Gasteiger partial charge in [0.25, 0.3) is 10.0 Å².